The Hall–Kier alpha value is -0.350. The molecule has 1 atom stereocenters. The summed E-state index contributed by atoms with van der Waals surface area (Å²) in [6, 6.07) is 8.36. The van der Waals surface area contributed by atoms with Crippen LogP contribution in [0.25, 0.3) is 0 Å². The van der Waals surface area contributed by atoms with E-state index in [2.05, 4.69) is 45.7 Å². The summed E-state index contributed by atoms with van der Waals surface area (Å²) in [4.78, 5) is 1.31. The second-order valence-corrected chi connectivity index (χ2v) is 6.20. The molecule has 90 valence electrons. The largest absolute Gasteiger partial charge is 0.309 e. The van der Waals surface area contributed by atoms with Crippen LogP contribution in [0.2, 0.25) is 5.02 Å². The molecule has 1 aromatic heterocycles. The van der Waals surface area contributed by atoms with E-state index >= 15 is 0 Å². The number of halogens is 2. The molecular formula is C13H13BrClNS. The summed E-state index contributed by atoms with van der Waals surface area (Å²) in [6.45, 7) is 2.11. The molecule has 0 aliphatic rings. The fraction of sp³-hybridized carbons (Fsp3) is 0.231. The number of nitrogens with one attached hydrogen (secondary N) is 1. The number of rotatable bonds is 3. The lowest BCUT2D eigenvalue weighted by Gasteiger charge is -2.17. The van der Waals surface area contributed by atoms with E-state index in [1.54, 1.807) is 11.3 Å². The van der Waals surface area contributed by atoms with Gasteiger partial charge in [0.15, 0.2) is 0 Å². The molecule has 0 amide bonds. The number of thiophene rings is 1. The SMILES string of the molecule is CNC(c1csc(C)c1)c1cccc(Br)c1Cl. The van der Waals surface area contributed by atoms with E-state index in [0.717, 1.165) is 15.1 Å². The van der Waals surface area contributed by atoms with Crippen molar-refractivity contribution < 1.29 is 0 Å². The maximum atomic E-state index is 6.34. The first-order valence-electron chi connectivity index (χ1n) is 5.29. The molecule has 0 fully saturated rings. The van der Waals surface area contributed by atoms with Crippen molar-refractivity contribution in [3.05, 3.63) is 55.1 Å². The Kier molecular flexibility index (Phi) is 4.26. The van der Waals surface area contributed by atoms with E-state index in [9.17, 15) is 0 Å². The topological polar surface area (TPSA) is 12.0 Å². The summed E-state index contributed by atoms with van der Waals surface area (Å²) < 4.78 is 0.934. The summed E-state index contributed by atoms with van der Waals surface area (Å²) in [5.74, 6) is 0. The lowest BCUT2D eigenvalue weighted by molar-refractivity contribution is 0.694. The Morgan fingerprint density at radius 1 is 1.41 bits per heavy atom. The van der Waals surface area contributed by atoms with Gasteiger partial charge < -0.3 is 5.32 Å². The normalized spacial score (nSPS) is 12.7. The van der Waals surface area contributed by atoms with E-state index in [1.807, 2.05) is 19.2 Å². The zero-order chi connectivity index (χ0) is 12.4. The average molecular weight is 331 g/mol. The van der Waals surface area contributed by atoms with Gasteiger partial charge in [0.25, 0.3) is 0 Å². The molecule has 2 aromatic rings. The van der Waals surface area contributed by atoms with E-state index in [0.29, 0.717) is 0 Å². The van der Waals surface area contributed by atoms with Crippen molar-refractivity contribution in [3.63, 3.8) is 0 Å². The van der Waals surface area contributed by atoms with Crippen LogP contribution >= 0.6 is 38.9 Å². The molecule has 4 heteroatoms. The van der Waals surface area contributed by atoms with Gasteiger partial charge >= 0.3 is 0 Å². The highest BCUT2D eigenvalue weighted by Crippen LogP contribution is 2.34. The van der Waals surface area contributed by atoms with Gasteiger partial charge in [-0.3, -0.25) is 0 Å². The molecule has 0 spiro atoms. The van der Waals surface area contributed by atoms with Crippen molar-refractivity contribution in [2.45, 2.75) is 13.0 Å². The first kappa shape index (κ1) is 13.1. The molecular weight excluding hydrogens is 318 g/mol. The van der Waals surface area contributed by atoms with E-state index in [-0.39, 0.29) is 6.04 Å². The molecule has 1 heterocycles. The van der Waals surface area contributed by atoms with E-state index in [4.69, 9.17) is 11.6 Å². The van der Waals surface area contributed by atoms with Gasteiger partial charge in [-0.05, 0) is 58.5 Å². The minimum Gasteiger partial charge on any atom is -0.309 e. The molecule has 0 aliphatic carbocycles. The monoisotopic (exact) mass is 329 g/mol. The quantitative estimate of drug-likeness (QED) is 0.854. The summed E-state index contributed by atoms with van der Waals surface area (Å²) in [7, 11) is 1.95. The fourth-order valence-corrected chi connectivity index (χ4v) is 3.21. The van der Waals surface area contributed by atoms with Gasteiger partial charge in [0.05, 0.1) is 11.1 Å². The fourth-order valence-electron chi connectivity index (χ4n) is 1.86. The molecule has 0 saturated heterocycles. The van der Waals surface area contributed by atoms with Crippen LogP contribution in [-0.2, 0) is 0 Å². The predicted molar refractivity (Wildman–Crippen MR) is 79.1 cm³/mol. The lowest BCUT2D eigenvalue weighted by atomic mass is 10.0. The molecule has 1 unspecified atom stereocenters. The Labute approximate surface area is 119 Å². The molecule has 2 rings (SSSR count). The van der Waals surface area contributed by atoms with Crippen molar-refractivity contribution in [1.82, 2.24) is 5.32 Å². The van der Waals surface area contributed by atoms with Gasteiger partial charge in [0.1, 0.15) is 0 Å². The van der Waals surface area contributed by atoms with Crippen LogP contribution in [0.3, 0.4) is 0 Å². The molecule has 0 radical (unpaired) electrons. The lowest BCUT2D eigenvalue weighted by Crippen LogP contribution is -2.17. The first-order valence-corrected chi connectivity index (χ1v) is 7.34. The third-order valence-corrected chi connectivity index (χ3v) is 4.86. The molecule has 1 nitrogen and oxygen atoms in total. The number of hydrogen-bond donors (Lipinski definition) is 1. The summed E-state index contributed by atoms with van der Waals surface area (Å²) in [5.41, 5.74) is 2.36. The van der Waals surface area contributed by atoms with Crippen LogP contribution in [0.15, 0.2) is 34.1 Å². The van der Waals surface area contributed by atoms with Crippen molar-refractivity contribution in [2.24, 2.45) is 0 Å². The zero-order valence-electron chi connectivity index (χ0n) is 9.63. The van der Waals surface area contributed by atoms with E-state index in [1.165, 1.54) is 10.4 Å². The van der Waals surface area contributed by atoms with Crippen LogP contribution in [0.1, 0.15) is 22.0 Å². The first-order chi connectivity index (χ1) is 8.13. The molecule has 0 saturated carbocycles. The number of hydrogen-bond acceptors (Lipinski definition) is 2. The van der Waals surface area contributed by atoms with Crippen molar-refractivity contribution in [1.29, 1.82) is 0 Å². The van der Waals surface area contributed by atoms with Gasteiger partial charge in [-0.2, -0.15) is 0 Å². The van der Waals surface area contributed by atoms with Crippen LogP contribution < -0.4 is 5.32 Å². The molecule has 0 aliphatic heterocycles. The summed E-state index contributed by atoms with van der Waals surface area (Å²) in [6.07, 6.45) is 0. The van der Waals surface area contributed by atoms with Gasteiger partial charge in [0, 0.05) is 9.35 Å². The Bertz CT molecular complexity index is 524. The maximum absolute atomic E-state index is 6.34. The van der Waals surface area contributed by atoms with Crippen molar-refractivity contribution >= 4 is 38.9 Å². The van der Waals surface area contributed by atoms with Gasteiger partial charge in [-0.25, -0.2) is 0 Å². The van der Waals surface area contributed by atoms with Crippen LogP contribution in [-0.4, -0.2) is 7.05 Å². The average Bonchev–Trinajstić information content (AvgIpc) is 2.72. The zero-order valence-corrected chi connectivity index (χ0v) is 12.8. The molecule has 1 N–H and O–H groups in total. The number of aryl methyl sites for hydroxylation is 1. The minimum absolute atomic E-state index is 0.143. The predicted octanol–water partition coefficient (Wildman–Crippen LogP) is 4.78. The van der Waals surface area contributed by atoms with Gasteiger partial charge in [0.2, 0.25) is 0 Å². The second-order valence-electron chi connectivity index (χ2n) is 3.86. The molecule has 17 heavy (non-hydrogen) atoms. The second kappa shape index (κ2) is 5.53. The third kappa shape index (κ3) is 2.74. The van der Waals surface area contributed by atoms with Gasteiger partial charge in [-0.15, -0.1) is 11.3 Å². The Balaban J connectivity index is 2.45. The van der Waals surface area contributed by atoms with E-state index < -0.39 is 0 Å². The number of benzene rings is 1. The smallest absolute Gasteiger partial charge is 0.0599 e. The summed E-state index contributed by atoms with van der Waals surface area (Å²) >= 11 is 11.6. The maximum Gasteiger partial charge on any atom is 0.0599 e. The third-order valence-electron chi connectivity index (χ3n) is 2.67. The highest BCUT2D eigenvalue weighted by Gasteiger charge is 2.17. The Morgan fingerprint density at radius 3 is 2.76 bits per heavy atom. The van der Waals surface area contributed by atoms with Crippen LogP contribution in [0, 0.1) is 6.92 Å². The van der Waals surface area contributed by atoms with Crippen molar-refractivity contribution in [2.75, 3.05) is 7.05 Å². The highest BCUT2D eigenvalue weighted by atomic mass is 79.9. The van der Waals surface area contributed by atoms with Crippen LogP contribution in [0.4, 0.5) is 0 Å². The summed E-state index contributed by atoms with van der Waals surface area (Å²) in [5, 5.41) is 6.27. The highest BCUT2D eigenvalue weighted by molar-refractivity contribution is 9.10. The van der Waals surface area contributed by atoms with Crippen LogP contribution in [0.5, 0.6) is 0 Å². The molecule has 0 bridgehead atoms. The minimum atomic E-state index is 0.143. The Morgan fingerprint density at radius 2 is 2.18 bits per heavy atom. The standard InChI is InChI=1S/C13H13BrClNS/c1-8-6-9(7-17-8)13(16-2)10-4-3-5-11(14)12(10)15/h3-7,13,16H,1-2H3. The molecule has 1 aromatic carbocycles. The van der Waals surface area contributed by atoms with Gasteiger partial charge in [-0.1, -0.05) is 23.7 Å². The van der Waals surface area contributed by atoms with Crippen molar-refractivity contribution in [3.8, 4) is 0 Å².